The summed E-state index contributed by atoms with van der Waals surface area (Å²) in [5, 5.41) is 7.79. The lowest BCUT2D eigenvalue weighted by atomic mass is 10.2. The number of nitrogens with zero attached hydrogens (tertiary/aromatic N) is 1. The van der Waals surface area contributed by atoms with Gasteiger partial charge in [0.15, 0.2) is 5.82 Å². The van der Waals surface area contributed by atoms with Crippen LogP contribution in [-0.4, -0.2) is 16.1 Å². The van der Waals surface area contributed by atoms with Crippen molar-refractivity contribution in [2.75, 3.05) is 5.32 Å². The first-order chi connectivity index (χ1) is 8.97. The van der Waals surface area contributed by atoms with Crippen molar-refractivity contribution in [3.8, 4) is 0 Å². The molecule has 98 valence electrons. The first kappa shape index (κ1) is 13.3. The molecule has 0 aliphatic carbocycles. The van der Waals surface area contributed by atoms with Gasteiger partial charge in [-0.25, -0.2) is 13.9 Å². The molecule has 1 aromatic carbocycles. The van der Waals surface area contributed by atoms with Crippen LogP contribution < -0.4 is 10.9 Å². The van der Waals surface area contributed by atoms with Crippen LogP contribution in [0.25, 0.3) is 0 Å². The number of carbonyl (C=O) groups is 1. The number of benzene rings is 1. The second-order valence-corrected chi connectivity index (χ2v) is 4.36. The molecule has 1 amide bonds. The molecule has 0 atom stereocenters. The molecule has 1 aromatic heterocycles. The zero-order chi connectivity index (χ0) is 14.0. The first-order valence-corrected chi connectivity index (χ1v) is 5.78. The smallest absolute Gasteiger partial charge is 0.276 e. The van der Waals surface area contributed by atoms with E-state index in [-0.39, 0.29) is 15.9 Å². The molecule has 0 saturated carbocycles. The molecule has 0 aliphatic heterocycles. The first-order valence-electron chi connectivity index (χ1n) is 4.99. The highest BCUT2D eigenvalue weighted by atomic mass is 79.9. The lowest BCUT2D eigenvalue weighted by Gasteiger charge is -2.08. The fraction of sp³-hybridized carbons (Fsp3) is 0. The number of hydrogen-bond acceptors (Lipinski definition) is 3. The molecule has 0 fully saturated rings. The SMILES string of the molecule is O=C(Nc1c(F)cc(F)cc1Br)c1ccc(=O)[nH]n1. The van der Waals surface area contributed by atoms with E-state index in [0.29, 0.717) is 6.07 Å². The maximum absolute atomic E-state index is 13.5. The largest absolute Gasteiger partial charge is 0.317 e. The Balaban J connectivity index is 2.29. The Morgan fingerprint density at radius 2 is 2.05 bits per heavy atom. The van der Waals surface area contributed by atoms with Crippen LogP contribution in [0, 0.1) is 11.6 Å². The number of rotatable bonds is 2. The van der Waals surface area contributed by atoms with Crippen molar-refractivity contribution in [2.24, 2.45) is 0 Å². The minimum absolute atomic E-state index is 0.0581. The second-order valence-electron chi connectivity index (χ2n) is 3.50. The van der Waals surface area contributed by atoms with Crippen molar-refractivity contribution in [3.63, 3.8) is 0 Å². The molecule has 2 N–H and O–H groups in total. The van der Waals surface area contributed by atoms with Crippen LogP contribution in [-0.2, 0) is 0 Å². The molecule has 0 saturated heterocycles. The summed E-state index contributed by atoms with van der Waals surface area (Å²) in [4.78, 5) is 22.5. The van der Waals surface area contributed by atoms with Gasteiger partial charge in [0.25, 0.3) is 11.5 Å². The molecule has 0 spiro atoms. The third-order valence-electron chi connectivity index (χ3n) is 2.16. The zero-order valence-corrected chi connectivity index (χ0v) is 10.8. The van der Waals surface area contributed by atoms with Gasteiger partial charge >= 0.3 is 0 Å². The van der Waals surface area contributed by atoms with Crippen molar-refractivity contribution < 1.29 is 13.6 Å². The fourth-order valence-corrected chi connectivity index (χ4v) is 1.82. The van der Waals surface area contributed by atoms with Crippen LogP contribution in [0.3, 0.4) is 0 Å². The Labute approximate surface area is 113 Å². The molecule has 2 rings (SSSR count). The topological polar surface area (TPSA) is 74.8 Å². The minimum atomic E-state index is -0.926. The third kappa shape index (κ3) is 3.02. The molecule has 5 nitrogen and oxygen atoms in total. The number of aromatic amines is 1. The van der Waals surface area contributed by atoms with Crippen LogP contribution in [0.5, 0.6) is 0 Å². The molecule has 2 aromatic rings. The average molecular weight is 330 g/mol. The Kier molecular flexibility index (Phi) is 3.70. The predicted molar refractivity (Wildman–Crippen MR) is 66.9 cm³/mol. The summed E-state index contributed by atoms with van der Waals surface area (Å²) in [6.45, 7) is 0. The summed E-state index contributed by atoms with van der Waals surface area (Å²) in [6.07, 6.45) is 0. The minimum Gasteiger partial charge on any atom is -0.317 e. The average Bonchev–Trinajstić information content (AvgIpc) is 2.34. The van der Waals surface area contributed by atoms with Crippen molar-refractivity contribution >= 4 is 27.5 Å². The lowest BCUT2D eigenvalue weighted by Crippen LogP contribution is -2.18. The van der Waals surface area contributed by atoms with Gasteiger partial charge in [-0.3, -0.25) is 9.59 Å². The van der Waals surface area contributed by atoms with Crippen LogP contribution in [0.15, 0.2) is 33.5 Å². The van der Waals surface area contributed by atoms with Gasteiger partial charge in [0, 0.05) is 16.6 Å². The van der Waals surface area contributed by atoms with Gasteiger partial charge in [-0.2, -0.15) is 5.10 Å². The summed E-state index contributed by atoms with van der Waals surface area (Å²) in [6, 6.07) is 3.95. The van der Waals surface area contributed by atoms with E-state index in [4.69, 9.17) is 0 Å². The van der Waals surface area contributed by atoms with Crippen molar-refractivity contribution in [1.82, 2.24) is 10.2 Å². The quantitative estimate of drug-likeness (QED) is 0.885. The standard InChI is InChI=1S/C11H6BrF2N3O2/c12-6-3-5(13)4-7(14)10(6)15-11(19)8-1-2-9(18)17-16-8/h1-4H,(H,15,19)(H,17,18). The van der Waals surface area contributed by atoms with Gasteiger partial charge in [0.2, 0.25) is 0 Å². The van der Waals surface area contributed by atoms with Gasteiger partial charge in [-0.1, -0.05) is 0 Å². The van der Waals surface area contributed by atoms with Crippen LogP contribution in [0.2, 0.25) is 0 Å². The number of anilines is 1. The normalized spacial score (nSPS) is 10.3. The summed E-state index contributed by atoms with van der Waals surface area (Å²) in [5.41, 5.74) is -0.777. The molecular weight excluding hydrogens is 324 g/mol. The van der Waals surface area contributed by atoms with E-state index in [1.807, 2.05) is 0 Å². The Bertz CT molecular complexity index is 659. The molecular formula is C11H6BrF2N3O2. The van der Waals surface area contributed by atoms with Crippen LogP contribution >= 0.6 is 15.9 Å². The molecule has 8 heteroatoms. The van der Waals surface area contributed by atoms with Crippen molar-refractivity contribution in [3.05, 3.63) is 56.4 Å². The van der Waals surface area contributed by atoms with E-state index < -0.39 is 23.1 Å². The summed E-state index contributed by atoms with van der Waals surface area (Å²) in [7, 11) is 0. The predicted octanol–water partition coefficient (Wildman–Crippen LogP) is 2.06. The molecule has 0 aliphatic rings. The zero-order valence-electron chi connectivity index (χ0n) is 9.21. The van der Waals surface area contributed by atoms with E-state index in [0.717, 1.165) is 12.1 Å². The highest BCUT2D eigenvalue weighted by Crippen LogP contribution is 2.27. The van der Waals surface area contributed by atoms with Gasteiger partial charge in [0.1, 0.15) is 11.5 Å². The molecule has 1 heterocycles. The summed E-state index contributed by atoms with van der Waals surface area (Å²) >= 11 is 2.94. The monoisotopic (exact) mass is 329 g/mol. The number of nitrogens with one attached hydrogen (secondary N) is 2. The maximum Gasteiger partial charge on any atom is 0.276 e. The Morgan fingerprint density at radius 1 is 1.32 bits per heavy atom. The number of H-pyrrole nitrogens is 1. The second kappa shape index (κ2) is 5.27. The third-order valence-corrected chi connectivity index (χ3v) is 2.78. The molecule has 19 heavy (non-hydrogen) atoms. The molecule has 0 bridgehead atoms. The number of halogens is 3. The maximum atomic E-state index is 13.5. The number of carbonyl (C=O) groups excluding carboxylic acids is 1. The van der Waals surface area contributed by atoms with E-state index in [1.54, 1.807) is 0 Å². The van der Waals surface area contributed by atoms with Crippen LogP contribution in [0.1, 0.15) is 10.5 Å². The van der Waals surface area contributed by atoms with Crippen molar-refractivity contribution in [1.29, 1.82) is 0 Å². The summed E-state index contributed by atoms with van der Waals surface area (Å²) in [5.74, 6) is -2.43. The van der Waals surface area contributed by atoms with Crippen LogP contribution in [0.4, 0.5) is 14.5 Å². The number of aromatic nitrogens is 2. The van der Waals surface area contributed by atoms with E-state index in [9.17, 15) is 18.4 Å². The molecule has 0 radical (unpaired) electrons. The number of hydrogen-bond donors (Lipinski definition) is 2. The Morgan fingerprint density at radius 3 is 2.63 bits per heavy atom. The fourth-order valence-electron chi connectivity index (χ4n) is 1.31. The Hall–Kier alpha value is -2.09. The highest BCUT2D eigenvalue weighted by molar-refractivity contribution is 9.10. The van der Waals surface area contributed by atoms with Gasteiger partial charge < -0.3 is 5.32 Å². The van der Waals surface area contributed by atoms with E-state index in [2.05, 4.69) is 31.4 Å². The van der Waals surface area contributed by atoms with Gasteiger partial charge in [-0.05, 0) is 28.1 Å². The molecule has 0 unspecified atom stereocenters. The van der Waals surface area contributed by atoms with Gasteiger partial charge in [-0.15, -0.1) is 0 Å². The highest BCUT2D eigenvalue weighted by Gasteiger charge is 2.14. The van der Waals surface area contributed by atoms with E-state index in [1.165, 1.54) is 6.07 Å². The lowest BCUT2D eigenvalue weighted by molar-refractivity contribution is 0.102. The van der Waals surface area contributed by atoms with E-state index >= 15 is 0 Å². The summed E-state index contributed by atoms with van der Waals surface area (Å²) < 4.78 is 26.4. The number of amides is 1. The van der Waals surface area contributed by atoms with Gasteiger partial charge in [0.05, 0.1) is 5.69 Å². The van der Waals surface area contributed by atoms with Crippen molar-refractivity contribution in [2.45, 2.75) is 0 Å².